The summed E-state index contributed by atoms with van der Waals surface area (Å²) in [5, 5.41) is 8.88. The highest BCUT2D eigenvalue weighted by Gasteiger charge is 2.21. The van der Waals surface area contributed by atoms with Gasteiger partial charge in [0.1, 0.15) is 0 Å². The van der Waals surface area contributed by atoms with Gasteiger partial charge in [-0.05, 0) is 11.6 Å². The van der Waals surface area contributed by atoms with Gasteiger partial charge in [-0.1, -0.05) is 18.2 Å². The van der Waals surface area contributed by atoms with Gasteiger partial charge in [0.25, 0.3) is 0 Å². The molecule has 1 fully saturated rings. The van der Waals surface area contributed by atoms with Crippen molar-refractivity contribution in [2.45, 2.75) is 12.6 Å². The summed E-state index contributed by atoms with van der Waals surface area (Å²) in [4.78, 5) is 13.8. The van der Waals surface area contributed by atoms with Gasteiger partial charge in [0.15, 0.2) is 6.10 Å². The van der Waals surface area contributed by atoms with Gasteiger partial charge >= 0.3 is 5.97 Å². The van der Waals surface area contributed by atoms with Crippen molar-refractivity contribution >= 4 is 5.97 Å². The summed E-state index contributed by atoms with van der Waals surface area (Å²) in [6.45, 7) is 2.48. The molecule has 0 radical (unpaired) electrons. The van der Waals surface area contributed by atoms with E-state index in [9.17, 15) is 4.79 Å². The molecule has 1 atom stereocenters. The van der Waals surface area contributed by atoms with Crippen molar-refractivity contribution in [1.29, 1.82) is 5.26 Å². The molecule has 1 aliphatic heterocycles. The number of nitriles is 1. The molecule has 1 aromatic rings. The molecule has 5 heteroatoms. The normalized spacial score (nSPS) is 19.7. The molecule has 0 spiro atoms. The maximum Gasteiger partial charge on any atom is 0.338 e. The quantitative estimate of drug-likeness (QED) is 0.764. The first kappa shape index (κ1) is 13.5. The van der Waals surface area contributed by atoms with Gasteiger partial charge < -0.3 is 9.47 Å². The minimum Gasteiger partial charge on any atom is -0.465 e. The van der Waals surface area contributed by atoms with E-state index >= 15 is 0 Å². The van der Waals surface area contributed by atoms with Crippen LogP contribution in [0.5, 0.6) is 0 Å². The predicted octanol–water partition coefficient (Wildman–Crippen LogP) is 1.20. The first-order chi connectivity index (χ1) is 9.24. The Morgan fingerprint density at radius 2 is 2.37 bits per heavy atom. The number of ether oxygens (including phenoxy) is 2. The number of carbonyl (C=O) groups is 1. The molecular formula is C14H16N2O3. The Balaban J connectivity index is 2.11. The molecule has 1 heterocycles. The van der Waals surface area contributed by atoms with E-state index in [0.29, 0.717) is 25.3 Å². The van der Waals surface area contributed by atoms with Crippen LogP contribution in [0.2, 0.25) is 0 Å². The number of methoxy groups -OCH3 is 1. The van der Waals surface area contributed by atoms with Gasteiger partial charge in [-0.2, -0.15) is 5.26 Å². The van der Waals surface area contributed by atoms with E-state index in [-0.39, 0.29) is 12.1 Å². The molecule has 100 valence electrons. The van der Waals surface area contributed by atoms with Crippen molar-refractivity contribution in [3.8, 4) is 6.07 Å². The van der Waals surface area contributed by atoms with Crippen molar-refractivity contribution in [2.24, 2.45) is 0 Å². The first-order valence-electron chi connectivity index (χ1n) is 6.14. The zero-order chi connectivity index (χ0) is 13.7. The second kappa shape index (κ2) is 6.32. The fourth-order valence-corrected chi connectivity index (χ4v) is 2.13. The first-order valence-corrected chi connectivity index (χ1v) is 6.14. The van der Waals surface area contributed by atoms with Crippen LogP contribution in [0.25, 0.3) is 0 Å². The summed E-state index contributed by atoms with van der Waals surface area (Å²) in [6, 6.07) is 9.48. The van der Waals surface area contributed by atoms with E-state index in [1.165, 1.54) is 7.11 Å². The van der Waals surface area contributed by atoms with E-state index in [1.807, 2.05) is 18.2 Å². The summed E-state index contributed by atoms with van der Waals surface area (Å²) >= 11 is 0. The summed E-state index contributed by atoms with van der Waals surface area (Å²) in [5.41, 5.74) is 1.48. The molecule has 19 heavy (non-hydrogen) atoms. The standard InChI is InChI=1S/C14H16N2O3/c1-18-14(17)13-5-3-2-4-11(13)9-16-6-7-19-12(8-15)10-16/h2-5,12H,6-7,9-10H2,1H3. The Morgan fingerprint density at radius 1 is 1.58 bits per heavy atom. The van der Waals surface area contributed by atoms with Crippen LogP contribution in [0.1, 0.15) is 15.9 Å². The lowest BCUT2D eigenvalue weighted by Gasteiger charge is -2.30. The van der Waals surface area contributed by atoms with Crippen LogP contribution in [0.4, 0.5) is 0 Å². The number of esters is 1. The average molecular weight is 260 g/mol. The molecule has 1 aromatic carbocycles. The molecular weight excluding hydrogens is 244 g/mol. The largest absolute Gasteiger partial charge is 0.465 e. The van der Waals surface area contributed by atoms with Gasteiger partial charge in [0.05, 0.1) is 25.3 Å². The predicted molar refractivity (Wildman–Crippen MR) is 68.4 cm³/mol. The second-order valence-corrected chi connectivity index (χ2v) is 4.37. The molecule has 5 nitrogen and oxygen atoms in total. The molecule has 1 aliphatic rings. The van der Waals surface area contributed by atoms with Gasteiger partial charge in [0, 0.05) is 19.6 Å². The van der Waals surface area contributed by atoms with Gasteiger partial charge in [0.2, 0.25) is 0 Å². The van der Waals surface area contributed by atoms with Crippen molar-refractivity contribution < 1.29 is 14.3 Å². The Labute approximate surface area is 112 Å². The molecule has 0 N–H and O–H groups in total. The van der Waals surface area contributed by atoms with Crippen LogP contribution < -0.4 is 0 Å². The SMILES string of the molecule is COC(=O)c1ccccc1CN1CCOC(C#N)C1. The van der Waals surface area contributed by atoms with E-state index in [4.69, 9.17) is 14.7 Å². The Bertz CT molecular complexity index is 496. The van der Waals surface area contributed by atoms with E-state index in [0.717, 1.165) is 12.1 Å². The van der Waals surface area contributed by atoms with E-state index < -0.39 is 0 Å². The van der Waals surface area contributed by atoms with Gasteiger partial charge in [-0.25, -0.2) is 4.79 Å². The third-order valence-electron chi connectivity index (χ3n) is 3.11. The molecule has 0 aliphatic carbocycles. The average Bonchev–Trinajstić information content (AvgIpc) is 2.47. The van der Waals surface area contributed by atoms with Crippen LogP contribution >= 0.6 is 0 Å². The monoisotopic (exact) mass is 260 g/mol. The van der Waals surface area contributed by atoms with Crippen LogP contribution in [0.15, 0.2) is 24.3 Å². The molecule has 0 amide bonds. The topological polar surface area (TPSA) is 62.6 Å². The molecule has 2 rings (SSSR count). The zero-order valence-corrected chi connectivity index (χ0v) is 10.8. The van der Waals surface area contributed by atoms with Crippen LogP contribution in [0, 0.1) is 11.3 Å². The lowest BCUT2D eigenvalue weighted by molar-refractivity contribution is -0.00282. The fourth-order valence-electron chi connectivity index (χ4n) is 2.13. The summed E-state index contributed by atoms with van der Waals surface area (Å²) in [6.07, 6.45) is -0.390. The van der Waals surface area contributed by atoms with Gasteiger partial charge in [-0.15, -0.1) is 0 Å². The molecule has 0 aromatic heterocycles. The number of nitrogens with zero attached hydrogens (tertiary/aromatic N) is 2. The molecule has 1 unspecified atom stereocenters. The minimum absolute atomic E-state index is 0.333. The number of rotatable bonds is 3. The highest BCUT2D eigenvalue weighted by atomic mass is 16.5. The highest BCUT2D eigenvalue weighted by molar-refractivity contribution is 5.90. The third kappa shape index (κ3) is 3.31. The van der Waals surface area contributed by atoms with Crippen molar-refractivity contribution in [1.82, 2.24) is 4.90 Å². The second-order valence-electron chi connectivity index (χ2n) is 4.37. The number of hydrogen-bond donors (Lipinski definition) is 0. The lowest BCUT2D eigenvalue weighted by atomic mass is 10.1. The number of hydrogen-bond acceptors (Lipinski definition) is 5. The smallest absolute Gasteiger partial charge is 0.338 e. The third-order valence-corrected chi connectivity index (χ3v) is 3.11. The van der Waals surface area contributed by atoms with Gasteiger partial charge in [-0.3, -0.25) is 4.90 Å². The number of carbonyl (C=O) groups excluding carboxylic acids is 1. The van der Waals surface area contributed by atoms with E-state index in [2.05, 4.69) is 11.0 Å². The number of benzene rings is 1. The minimum atomic E-state index is -0.390. The molecule has 1 saturated heterocycles. The lowest BCUT2D eigenvalue weighted by Crippen LogP contribution is -2.41. The van der Waals surface area contributed by atoms with E-state index in [1.54, 1.807) is 6.07 Å². The summed E-state index contributed by atoms with van der Waals surface area (Å²) in [5.74, 6) is -0.333. The van der Waals surface area contributed by atoms with Crippen molar-refractivity contribution in [3.05, 3.63) is 35.4 Å². The summed E-state index contributed by atoms with van der Waals surface area (Å²) in [7, 11) is 1.37. The molecule has 0 bridgehead atoms. The molecule has 0 saturated carbocycles. The Hall–Kier alpha value is -1.90. The Kier molecular flexibility index (Phi) is 4.50. The Morgan fingerprint density at radius 3 is 3.11 bits per heavy atom. The maximum absolute atomic E-state index is 11.7. The van der Waals surface area contributed by atoms with Crippen molar-refractivity contribution in [3.63, 3.8) is 0 Å². The highest BCUT2D eigenvalue weighted by Crippen LogP contribution is 2.15. The maximum atomic E-state index is 11.7. The zero-order valence-electron chi connectivity index (χ0n) is 10.8. The van der Waals surface area contributed by atoms with Crippen LogP contribution in [-0.2, 0) is 16.0 Å². The van der Waals surface area contributed by atoms with Crippen LogP contribution in [0.3, 0.4) is 0 Å². The van der Waals surface area contributed by atoms with Crippen LogP contribution in [-0.4, -0.2) is 43.8 Å². The fraction of sp³-hybridized carbons (Fsp3) is 0.429. The number of morpholine rings is 1. The van der Waals surface area contributed by atoms with Crippen molar-refractivity contribution in [2.75, 3.05) is 26.8 Å². The summed E-state index contributed by atoms with van der Waals surface area (Å²) < 4.78 is 10.1.